The van der Waals surface area contributed by atoms with Gasteiger partial charge in [0.05, 0.1) is 5.52 Å². The summed E-state index contributed by atoms with van der Waals surface area (Å²) in [6, 6.07) is 11.7. The predicted molar refractivity (Wildman–Crippen MR) is 136 cm³/mol. The first-order valence-electron chi connectivity index (χ1n) is 11.6. The molecule has 11 heteroatoms. The summed E-state index contributed by atoms with van der Waals surface area (Å²) in [5.74, 6) is -0.490. The Kier molecular flexibility index (Phi) is 6.45. The summed E-state index contributed by atoms with van der Waals surface area (Å²) in [6.45, 7) is 1.98. The van der Waals surface area contributed by atoms with Crippen molar-refractivity contribution in [3.63, 3.8) is 0 Å². The van der Waals surface area contributed by atoms with Crippen molar-refractivity contribution in [2.75, 3.05) is 18.4 Å². The van der Waals surface area contributed by atoms with E-state index in [1.54, 1.807) is 29.3 Å². The zero-order chi connectivity index (χ0) is 26.3. The van der Waals surface area contributed by atoms with Crippen molar-refractivity contribution in [1.29, 1.82) is 0 Å². The third-order valence-electron chi connectivity index (χ3n) is 6.47. The molecule has 0 aliphatic carbocycles. The van der Waals surface area contributed by atoms with Crippen molar-refractivity contribution in [3.8, 4) is 0 Å². The molecule has 2 amide bonds. The molecule has 192 valence electrons. The molecule has 37 heavy (non-hydrogen) atoms. The highest BCUT2D eigenvalue weighted by Crippen LogP contribution is 2.35. The van der Waals surface area contributed by atoms with Gasteiger partial charge in [0, 0.05) is 70.9 Å². The topological polar surface area (TPSA) is 90.1 Å². The lowest BCUT2D eigenvalue weighted by atomic mass is 9.99. The number of fused-ring (bicyclic) bond motifs is 2. The van der Waals surface area contributed by atoms with Crippen molar-refractivity contribution in [3.05, 3.63) is 71.0 Å². The number of aromatic nitrogens is 2. The molecule has 2 aromatic carbocycles. The fraction of sp³-hybridized carbons (Fsp3) is 0.269. The van der Waals surface area contributed by atoms with Crippen LogP contribution in [-0.4, -0.2) is 51.9 Å². The minimum absolute atomic E-state index is 0.144. The third kappa shape index (κ3) is 5.34. The van der Waals surface area contributed by atoms with Gasteiger partial charge in [-0.25, -0.2) is 4.98 Å². The predicted octanol–water partition coefficient (Wildman–Crippen LogP) is 5.22. The molecule has 0 spiro atoms. The van der Waals surface area contributed by atoms with E-state index in [0.29, 0.717) is 28.9 Å². The van der Waals surface area contributed by atoms with E-state index in [2.05, 4.69) is 20.6 Å². The zero-order valence-corrected chi connectivity index (χ0v) is 20.5. The van der Waals surface area contributed by atoms with Crippen LogP contribution in [0.4, 0.5) is 18.9 Å². The number of H-pyrrole nitrogens is 1. The standard InChI is InChI=1S/C26H23ClF3N5O2/c1-14(36)35-12-18(10-19(13-35)33-25(37)16-2-4-21-15(8-16)6-7-31-21)32-23-11-24(26(28,29)30)34-22-5-3-17(27)9-20(22)23/h2-9,11,18-19,31H,10,12-13H2,1H3,(H,32,34)(H,33,37)/t18-,19+/m1/s1. The zero-order valence-electron chi connectivity index (χ0n) is 19.7. The highest BCUT2D eigenvalue weighted by molar-refractivity contribution is 6.31. The molecular formula is C26H23ClF3N5O2. The van der Waals surface area contributed by atoms with Crippen LogP contribution >= 0.6 is 11.6 Å². The number of nitrogens with zero attached hydrogens (tertiary/aromatic N) is 2. The molecule has 1 aliphatic heterocycles. The number of carbonyl (C=O) groups excluding carboxylic acids is 2. The Hall–Kier alpha value is -3.79. The van der Waals surface area contributed by atoms with Crippen molar-refractivity contribution in [2.24, 2.45) is 0 Å². The van der Waals surface area contributed by atoms with Crippen LogP contribution < -0.4 is 10.6 Å². The first kappa shape index (κ1) is 24.9. The number of halogens is 4. The molecule has 0 saturated carbocycles. The molecule has 0 unspecified atom stereocenters. The van der Waals surface area contributed by atoms with Crippen LogP contribution in [0.25, 0.3) is 21.8 Å². The lowest BCUT2D eigenvalue weighted by Crippen LogP contribution is -2.55. The third-order valence-corrected chi connectivity index (χ3v) is 6.70. The van der Waals surface area contributed by atoms with Crippen molar-refractivity contribution >= 4 is 50.9 Å². The Morgan fingerprint density at radius 2 is 1.86 bits per heavy atom. The summed E-state index contributed by atoms with van der Waals surface area (Å²) in [4.78, 5) is 33.6. The Balaban J connectivity index is 1.41. The van der Waals surface area contributed by atoms with Crippen LogP contribution in [0, 0.1) is 0 Å². The molecule has 7 nitrogen and oxygen atoms in total. The van der Waals surface area contributed by atoms with Gasteiger partial charge in [0.25, 0.3) is 5.91 Å². The Labute approximate surface area is 215 Å². The van der Waals surface area contributed by atoms with E-state index in [0.717, 1.165) is 17.0 Å². The maximum atomic E-state index is 13.5. The first-order chi connectivity index (χ1) is 17.6. The summed E-state index contributed by atoms with van der Waals surface area (Å²) < 4.78 is 40.6. The maximum Gasteiger partial charge on any atom is 0.433 e. The minimum atomic E-state index is -4.64. The Morgan fingerprint density at radius 1 is 1.08 bits per heavy atom. The van der Waals surface area contributed by atoms with Crippen LogP contribution in [0.5, 0.6) is 0 Å². The number of nitrogens with one attached hydrogen (secondary N) is 3. The number of rotatable bonds is 4. The number of hydrogen-bond acceptors (Lipinski definition) is 4. The van der Waals surface area contributed by atoms with E-state index in [9.17, 15) is 22.8 Å². The van der Waals surface area contributed by atoms with Crippen molar-refractivity contribution < 1.29 is 22.8 Å². The van der Waals surface area contributed by atoms with Gasteiger partial charge in [-0.2, -0.15) is 13.2 Å². The molecule has 4 aromatic rings. The number of benzene rings is 2. The summed E-state index contributed by atoms with van der Waals surface area (Å²) in [6.07, 6.45) is -2.46. The Morgan fingerprint density at radius 3 is 2.62 bits per heavy atom. The second-order valence-electron chi connectivity index (χ2n) is 9.17. The number of hydrogen-bond donors (Lipinski definition) is 3. The normalized spacial score (nSPS) is 18.2. The molecule has 2 atom stereocenters. The second kappa shape index (κ2) is 9.59. The van der Waals surface area contributed by atoms with E-state index >= 15 is 0 Å². The molecule has 2 aromatic heterocycles. The highest BCUT2D eigenvalue weighted by atomic mass is 35.5. The van der Waals surface area contributed by atoms with Crippen LogP contribution in [0.3, 0.4) is 0 Å². The average molecular weight is 530 g/mol. The van der Waals surface area contributed by atoms with E-state index < -0.39 is 24.0 Å². The second-order valence-corrected chi connectivity index (χ2v) is 9.60. The lowest BCUT2D eigenvalue weighted by Gasteiger charge is -2.38. The van der Waals surface area contributed by atoms with Gasteiger partial charge in [0.15, 0.2) is 0 Å². The number of likely N-dealkylation sites (tertiary alicyclic amines) is 1. The molecule has 3 heterocycles. The van der Waals surface area contributed by atoms with Crippen LogP contribution in [0.15, 0.2) is 54.7 Å². The summed E-state index contributed by atoms with van der Waals surface area (Å²) in [5, 5.41) is 7.82. The summed E-state index contributed by atoms with van der Waals surface area (Å²) in [5.41, 5.74) is 0.698. The quantitative estimate of drug-likeness (QED) is 0.338. The van der Waals surface area contributed by atoms with Gasteiger partial charge in [-0.3, -0.25) is 9.59 Å². The van der Waals surface area contributed by atoms with Crippen molar-refractivity contribution in [1.82, 2.24) is 20.2 Å². The number of amides is 2. The first-order valence-corrected chi connectivity index (χ1v) is 12.0. The SMILES string of the molecule is CC(=O)N1C[C@@H](NC(=O)c2ccc3[nH]ccc3c2)C[C@@H](Nc2cc(C(F)(F)F)nc3ccc(Cl)cc23)C1. The van der Waals surface area contributed by atoms with Gasteiger partial charge < -0.3 is 20.5 Å². The van der Waals surface area contributed by atoms with Crippen molar-refractivity contribution in [2.45, 2.75) is 31.6 Å². The maximum absolute atomic E-state index is 13.5. The number of anilines is 1. The number of carbonyl (C=O) groups is 2. The summed E-state index contributed by atoms with van der Waals surface area (Å²) >= 11 is 6.12. The van der Waals surface area contributed by atoms with E-state index in [1.165, 1.54) is 19.1 Å². The number of piperidine rings is 1. The molecule has 0 radical (unpaired) electrons. The fourth-order valence-electron chi connectivity index (χ4n) is 4.71. The van der Waals surface area contributed by atoms with Gasteiger partial charge in [-0.15, -0.1) is 0 Å². The minimum Gasteiger partial charge on any atom is -0.380 e. The molecule has 1 aliphatic rings. The smallest absolute Gasteiger partial charge is 0.380 e. The molecular weight excluding hydrogens is 507 g/mol. The number of alkyl halides is 3. The van der Waals surface area contributed by atoms with E-state index in [1.807, 2.05) is 12.1 Å². The van der Waals surface area contributed by atoms with Gasteiger partial charge in [-0.1, -0.05) is 11.6 Å². The van der Waals surface area contributed by atoms with Gasteiger partial charge in [0.1, 0.15) is 5.69 Å². The molecule has 3 N–H and O–H groups in total. The highest BCUT2D eigenvalue weighted by Gasteiger charge is 2.35. The van der Waals surface area contributed by atoms with Crippen LogP contribution in [0.2, 0.25) is 5.02 Å². The number of pyridine rings is 1. The van der Waals surface area contributed by atoms with Gasteiger partial charge >= 0.3 is 6.18 Å². The summed E-state index contributed by atoms with van der Waals surface area (Å²) in [7, 11) is 0. The van der Waals surface area contributed by atoms with Crippen LogP contribution in [-0.2, 0) is 11.0 Å². The monoisotopic (exact) mass is 529 g/mol. The average Bonchev–Trinajstić information content (AvgIpc) is 3.31. The molecule has 1 saturated heterocycles. The fourth-order valence-corrected chi connectivity index (χ4v) is 4.88. The lowest BCUT2D eigenvalue weighted by molar-refractivity contribution is -0.140. The number of aromatic amines is 1. The van der Waals surface area contributed by atoms with E-state index in [4.69, 9.17) is 11.6 Å². The Bertz CT molecular complexity index is 1500. The van der Waals surface area contributed by atoms with Gasteiger partial charge in [0.2, 0.25) is 5.91 Å². The molecule has 1 fully saturated rings. The van der Waals surface area contributed by atoms with Crippen LogP contribution in [0.1, 0.15) is 29.4 Å². The molecule has 5 rings (SSSR count). The van der Waals surface area contributed by atoms with E-state index in [-0.39, 0.29) is 29.6 Å². The van der Waals surface area contributed by atoms with Gasteiger partial charge in [-0.05, 0) is 55.0 Å². The largest absolute Gasteiger partial charge is 0.433 e. The molecule has 0 bridgehead atoms.